The summed E-state index contributed by atoms with van der Waals surface area (Å²) in [5, 5.41) is 4.24. The molecule has 2 fully saturated rings. The summed E-state index contributed by atoms with van der Waals surface area (Å²) in [5.74, 6) is 2.32. The molecule has 2 saturated heterocycles. The minimum atomic E-state index is 0. The van der Waals surface area contributed by atoms with E-state index in [1.807, 2.05) is 18.3 Å². The molecule has 6 heteroatoms. The highest BCUT2D eigenvalue weighted by atomic mass is 35.5. The first-order valence-corrected chi connectivity index (χ1v) is 10.0. The van der Waals surface area contributed by atoms with Crippen molar-refractivity contribution in [2.75, 3.05) is 26.7 Å². The number of likely N-dealkylation sites (tertiary alicyclic amines) is 2. The lowest BCUT2D eigenvalue weighted by molar-refractivity contribution is 0.210. The van der Waals surface area contributed by atoms with Crippen LogP contribution < -0.4 is 0 Å². The monoisotopic (exact) mass is 410 g/mol. The molecule has 0 radical (unpaired) electrons. The van der Waals surface area contributed by atoms with Crippen LogP contribution in [-0.2, 0) is 6.54 Å². The third-order valence-corrected chi connectivity index (χ3v) is 6.37. The molecule has 3 atom stereocenters. The first-order valence-electron chi connectivity index (χ1n) is 10.0. The molecule has 3 aromatic rings. The summed E-state index contributed by atoms with van der Waals surface area (Å²) in [7, 11) is 2.27. The Morgan fingerprint density at radius 2 is 1.97 bits per heavy atom. The van der Waals surface area contributed by atoms with Crippen molar-refractivity contribution in [3.8, 4) is 11.3 Å². The highest BCUT2D eigenvalue weighted by Gasteiger charge is 2.46. The quantitative estimate of drug-likeness (QED) is 0.645. The lowest BCUT2D eigenvalue weighted by Gasteiger charge is -2.27. The van der Waals surface area contributed by atoms with Gasteiger partial charge in [-0.1, -0.05) is 29.4 Å². The molecule has 0 N–H and O–H groups in total. The smallest absolute Gasteiger partial charge is 0.151 e. The van der Waals surface area contributed by atoms with E-state index in [1.165, 1.54) is 11.1 Å². The van der Waals surface area contributed by atoms with Gasteiger partial charge in [0.2, 0.25) is 0 Å². The molecule has 0 spiro atoms. The molecule has 4 heterocycles. The van der Waals surface area contributed by atoms with Crippen LogP contribution in [0.15, 0.2) is 59.4 Å². The maximum atomic E-state index is 5.62. The lowest BCUT2D eigenvalue weighted by Crippen LogP contribution is -2.29. The molecule has 0 unspecified atom stereocenters. The first kappa shape index (κ1) is 20.1. The van der Waals surface area contributed by atoms with Crippen molar-refractivity contribution in [2.45, 2.75) is 19.5 Å². The zero-order valence-corrected chi connectivity index (χ0v) is 17.7. The molecule has 5 rings (SSSR count). The van der Waals surface area contributed by atoms with Gasteiger partial charge < -0.3 is 4.52 Å². The molecule has 2 aliphatic heterocycles. The summed E-state index contributed by atoms with van der Waals surface area (Å²) in [6.45, 7) is 6.46. The SMILES string of the molecule is Cc1ccccc1[C@@H]1[C@@H]2CN(Cc3cc(-c4cccnc4)no3)C[C@@H]2CN1C.Cl. The maximum absolute atomic E-state index is 5.62. The van der Waals surface area contributed by atoms with Gasteiger partial charge in [-0.05, 0) is 49.1 Å². The van der Waals surface area contributed by atoms with E-state index < -0.39 is 0 Å². The fourth-order valence-corrected chi connectivity index (χ4v) is 5.12. The Morgan fingerprint density at radius 1 is 1.10 bits per heavy atom. The lowest BCUT2D eigenvalue weighted by atomic mass is 9.88. The van der Waals surface area contributed by atoms with Crippen LogP contribution >= 0.6 is 12.4 Å². The average Bonchev–Trinajstić information content (AvgIpc) is 3.38. The molecule has 0 aliphatic carbocycles. The van der Waals surface area contributed by atoms with Crippen LogP contribution in [0.25, 0.3) is 11.3 Å². The summed E-state index contributed by atoms with van der Waals surface area (Å²) in [6, 6.07) is 15.3. The second-order valence-electron chi connectivity index (χ2n) is 8.28. The standard InChI is InChI=1S/C23H26N4O.ClH/c1-16-6-3-4-8-20(16)23-21-15-27(13-18(21)12-26(23)2)14-19-10-22(25-28-19)17-7-5-9-24-11-17;/h3-11,18,21,23H,12-15H2,1-2H3;1H/t18-,21+,23+;/m0./s1. The van der Waals surface area contributed by atoms with Crippen molar-refractivity contribution >= 4 is 12.4 Å². The average molecular weight is 411 g/mol. The number of nitrogens with zero attached hydrogens (tertiary/aromatic N) is 4. The number of aryl methyl sites for hydroxylation is 1. The van der Waals surface area contributed by atoms with E-state index >= 15 is 0 Å². The van der Waals surface area contributed by atoms with Crippen molar-refractivity contribution < 1.29 is 4.52 Å². The van der Waals surface area contributed by atoms with Crippen LogP contribution in [0.5, 0.6) is 0 Å². The van der Waals surface area contributed by atoms with E-state index in [0.29, 0.717) is 12.0 Å². The van der Waals surface area contributed by atoms with Gasteiger partial charge in [0, 0.05) is 49.7 Å². The highest BCUT2D eigenvalue weighted by Crippen LogP contribution is 2.45. The third kappa shape index (κ3) is 3.82. The van der Waals surface area contributed by atoms with E-state index in [0.717, 1.165) is 49.1 Å². The Bertz CT molecular complexity index is 960. The molecule has 0 bridgehead atoms. The number of pyridine rings is 1. The van der Waals surface area contributed by atoms with Crippen molar-refractivity contribution in [3.63, 3.8) is 0 Å². The maximum Gasteiger partial charge on any atom is 0.151 e. The van der Waals surface area contributed by atoms with Gasteiger partial charge in [0.25, 0.3) is 0 Å². The number of hydrogen-bond acceptors (Lipinski definition) is 5. The van der Waals surface area contributed by atoms with Gasteiger partial charge in [-0.3, -0.25) is 14.8 Å². The predicted octanol–water partition coefficient (Wildman–Crippen LogP) is 4.20. The Morgan fingerprint density at radius 3 is 2.76 bits per heavy atom. The fraction of sp³-hybridized carbons (Fsp3) is 0.391. The second kappa shape index (κ2) is 8.27. The van der Waals surface area contributed by atoms with Gasteiger partial charge in [0.15, 0.2) is 5.76 Å². The van der Waals surface area contributed by atoms with Gasteiger partial charge in [-0.2, -0.15) is 0 Å². The topological polar surface area (TPSA) is 45.4 Å². The summed E-state index contributed by atoms with van der Waals surface area (Å²) in [6.07, 6.45) is 3.60. The number of fused-ring (bicyclic) bond motifs is 1. The van der Waals surface area contributed by atoms with E-state index in [-0.39, 0.29) is 12.4 Å². The fourth-order valence-electron chi connectivity index (χ4n) is 5.12. The molecular formula is C23H27ClN4O. The van der Waals surface area contributed by atoms with Crippen molar-refractivity contribution in [1.29, 1.82) is 0 Å². The molecule has 2 aliphatic rings. The third-order valence-electron chi connectivity index (χ3n) is 6.37. The number of rotatable bonds is 4. The molecule has 0 saturated carbocycles. The van der Waals surface area contributed by atoms with Crippen molar-refractivity contribution in [1.82, 2.24) is 19.9 Å². The van der Waals surface area contributed by atoms with Crippen LogP contribution in [0, 0.1) is 18.8 Å². The van der Waals surface area contributed by atoms with Crippen molar-refractivity contribution in [3.05, 3.63) is 71.7 Å². The Hall–Kier alpha value is -2.21. The Kier molecular flexibility index (Phi) is 5.72. The Balaban J connectivity index is 0.00000205. The summed E-state index contributed by atoms with van der Waals surface area (Å²) >= 11 is 0. The van der Waals surface area contributed by atoms with E-state index in [1.54, 1.807) is 6.20 Å². The van der Waals surface area contributed by atoms with E-state index in [2.05, 4.69) is 64.2 Å². The summed E-state index contributed by atoms with van der Waals surface area (Å²) in [4.78, 5) is 9.24. The first-order chi connectivity index (χ1) is 13.7. The molecule has 29 heavy (non-hydrogen) atoms. The van der Waals surface area contributed by atoms with Gasteiger partial charge >= 0.3 is 0 Å². The second-order valence-corrected chi connectivity index (χ2v) is 8.28. The molecule has 5 nitrogen and oxygen atoms in total. The summed E-state index contributed by atoms with van der Waals surface area (Å²) < 4.78 is 5.62. The minimum absolute atomic E-state index is 0. The van der Waals surface area contributed by atoms with Gasteiger partial charge in [-0.15, -0.1) is 12.4 Å². The number of halogens is 1. The van der Waals surface area contributed by atoms with Crippen LogP contribution in [0.1, 0.15) is 22.9 Å². The van der Waals surface area contributed by atoms with Crippen LogP contribution in [-0.4, -0.2) is 46.6 Å². The van der Waals surface area contributed by atoms with Crippen LogP contribution in [0.3, 0.4) is 0 Å². The van der Waals surface area contributed by atoms with Gasteiger partial charge in [0.05, 0.1) is 6.54 Å². The van der Waals surface area contributed by atoms with Gasteiger partial charge in [0.1, 0.15) is 5.69 Å². The van der Waals surface area contributed by atoms with Crippen LogP contribution in [0.2, 0.25) is 0 Å². The summed E-state index contributed by atoms with van der Waals surface area (Å²) in [5.41, 5.74) is 4.74. The minimum Gasteiger partial charge on any atom is -0.359 e. The zero-order chi connectivity index (χ0) is 19.1. The Labute approximate surface area is 178 Å². The number of benzene rings is 1. The molecule has 0 amide bonds. The van der Waals surface area contributed by atoms with E-state index in [4.69, 9.17) is 4.52 Å². The number of hydrogen-bond donors (Lipinski definition) is 0. The van der Waals surface area contributed by atoms with Crippen molar-refractivity contribution in [2.24, 2.45) is 11.8 Å². The number of aromatic nitrogens is 2. The highest BCUT2D eigenvalue weighted by molar-refractivity contribution is 5.85. The normalized spacial score (nSPS) is 24.4. The predicted molar refractivity (Wildman–Crippen MR) is 116 cm³/mol. The van der Waals surface area contributed by atoms with Gasteiger partial charge in [-0.25, -0.2) is 0 Å². The van der Waals surface area contributed by atoms with E-state index in [9.17, 15) is 0 Å². The molecular weight excluding hydrogens is 384 g/mol. The molecule has 1 aromatic carbocycles. The molecule has 2 aromatic heterocycles. The molecule has 152 valence electrons. The van der Waals surface area contributed by atoms with Crippen LogP contribution in [0.4, 0.5) is 0 Å². The zero-order valence-electron chi connectivity index (χ0n) is 16.9. The largest absolute Gasteiger partial charge is 0.359 e.